The molecule has 132 valence electrons. The van der Waals surface area contributed by atoms with Gasteiger partial charge in [0.1, 0.15) is 0 Å². The molecule has 0 aliphatic carbocycles. The lowest BCUT2D eigenvalue weighted by atomic mass is 10.1. The Kier molecular flexibility index (Phi) is 6.46. The van der Waals surface area contributed by atoms with E-state index in [1.54, 1.807) is 39.5 Å². The first-order valence-corrected chi connectivity index (χ1v) is 7.99. The molecule has 5 heteroatoms. The highest BCUT2D eigenvalue weighted by molar-refractivity contribution is 6.02. The zero-order valence-electron chi connectivity index (χ0n) is 15.0. The molecule has 2 aromatic rings. The molecule has 0 aliphatic rings. The van der Waals surface area contributed by atoms with Crippen LogP contribution >= 0.6 is 0 Å². The van der Waals surface area contributed by atoms with E-state index in [1.165, 1.54) is 11.6 Å². The molecule has 1 N–H and O–H groups in total. The minimum atomic E-state index is -0.206. The first-order chi connectivity index (χ1) is 12.1. The van der Waals surface area contributed by atoms with Crippen molar-refractivity contribution in [1.82, 2.24) is 0 Å². The molecule has 0 fully saturated rings. The molecule has 0 radical (unpaired) electrons. The zero-order valence-corrected chi connectivity index (χ0v) is 15.0. The fourth-order valence-electron chi connectivity index (χ4n) is 2.42. The van der Waals surface area contributed by atoms with Gasteiger partial charge < -0.3 is 19.5 Å². The molecule has 5 nitrogen and oxygen atoms in total. The Morgan fingerprint density at radius 2 is 1.72 bits per heavy atom. The van der Waals surface area contributed by atoms with Crippen LogP contribution in [0.5, 0.6) is 17.2 Å². The quantitative estimate of drug-likeness (QED) is 0.775. The van der Waals surface area contributed by atoms with E-state index in [2.05, 4.69) is 12.2 Å². The number of methoxy groups -OCH3 is 3. The first kappa shape index (κ1) is 18.4. The Labute approximate surface area is 148 Å². The minimum absolute atomic E-state index is 0.206. The summed E-state index contributed by atoms with van der Waals surface area (Å²) in [5.74, 6) is 1.39. The van der Waals surface area contributed by atoms with Gasteiger partial charge in [-0.3, -0.25) is 4.79 Å². The number of nitrogens with one attached hydrogen (secondary N) is 1. The number of benzene rings is 2. The lowest BCUT2D eigenvalue weighted by Crippen LogP contribution is -2.07. The number of aryl methyl sites for hydroxylation is 1. The van der Waals surface area contributed by atoms with E-state index in [0.29, 0.717) is 17.2 Å². The van der Waals surface area contributed by atoms with Gasteiger partial charge in [-0.1, -0.05) is 19.1 Å². The predicted octanol–water partition coefficient (Wildman–Crippen LogP) is 3.93. The van der Waals surface area contributed by atoms with E-state index in [9.17, 15) is 4.79 Å². The molecule has 0 unspecified atom stereocenters. The third-order valence-corrected chi connectivity index (χ3v) is 3.72. The molecule has 1 amide bonds. The van der Waals surface area contributed by atoms with Crippen LogP contribution in [-0.4, -0.2) is 27.2 Å². The number of anilines is 1. The number of carbonyl (C=O) groups excluding carboxylic acids is 1. The van der Waals surface area contributed by atoms with Crippen LogP contribution in [0.2, 0.25) is 0 Å². The fraction of sp³-hybridized carbons (Fsp3) is 0.250. The van der Waals surface area contributed by atoms with Crippen LogP contribution in [0.1, 0.15) is 18.1 Å². The van der Waals surface area contributed by atoms with Gasteiger partial charge in [-0.2, -0.15) is 0 Å². The summed E-state index contributed by atoms with van der Waals surface area (Å²) >= 11 is 0. The van der Waals surface area contributed by atoms with Crippen LogP contribution in [0.4, 0.5) is 5.69 Å². The van der Waals surface area contributed by atoms with Crippen LogP contribution < -0.4 is 19.5 Å². The van der Waals surface area contributed by atoms with Crippen molar-refractivity contribution in [3.8, 4) is 17.2 Å². The lowest BCUT2D eigenvalue weighted by molar-refractivity contribution is -0.111. The number of amides is 1. The van der Waals surface area contributed by atoms with Crippen molar-refractivity contribution in [2.24, 2.45) is 0 Å². The fourth-order valence-corrected chi connectivity index (χ4v) is 2.42. The lowest BCUT2D eigenvalue weighted by Gasteiger charge is -2.12. The van der Waals surface area contributed by atoms with E-state index in [1.807, 2.05) is 24.3 Å². The maximum absolute atomic E-state index is 12.1. The maximum Gasteiger partial charge on any atom is 0.248 e. The van der Waals surface area contributed by atoms with Crippen LogP contribution in [0.15, 0.2) is 42.5 Å². The molecule has 0 bridgehead atoms. The Bertz CT molecular complexity index is 743. The van der Waals surface area contributed by atoms with E-state index in [0.717, 1.165) is 17.7 Å². The Balaban J connectivity index is 2.16. The highest BCUT2D eigenvalue weighted by Crippen LogP contribution is 2.38. The van der Waals surface area contributed by atoms with Crippen LogP contribution in [-0.2, 0) is 11.2 Å². The summed E-state index contributed by atoms with van der Waals surface area (Å²) in [6.07, 6.45) is 4.09. The van der Waals surface area contributed by atoms with E-state index >= 15 is 0 Å². The average molecular weight is 341 g/mol. The minimum Gasteiger partial charge on any atom is -0.493 e. The molecular formula is C20H23NO4. The topological polar surface area (TPSA) is 56.8 Å². The molecular weight excluding hydrogens is 318 g/mol. The van der Waals surface area contributed by atoms with Gasteiger partial charge in [0.05, 0.1) is 21.3 Å². The van der Waals surface area contributed by atoms with E-state index in [4.69, 9.17) is 14.2 Å². The summed E-state index contributed by atoms with van der Waals surface area (Å²) in [6.45, 7) is 2.07. The second-order valence-electron chi connectivity index (χ2n) is 5.34. The van der Waals surface area contributed by atoms with E-state index < -0.39 is 0 Å². The summed E-state index contributed by atoms with van der Waals surface area (Å²) in [5.41, 5.74) is 2.72. The third-order valence-electron chi connectivity index (χ3n) is 3.72. The van der Waals surface area contributed by atoms with Crippen molar-refractivity contribution >= 4 is 17.7 Å². The number of ether oxygens (including phenoxy) is 3. The van der Waals surface area contributed by atoms with Crippen LogP contribution in [0.3, 0.4) is 0 Å². The normalized spacial score (nSPS) is 10.6. The van der Waals surface area contributed by atoms with Gasteiger partial charge in [-0.25, -0.2) is 0 Å². The van der Waals surface area contributed by atoms with Gasteiger partial charge in [-0.05, 0) is 47.9 Å². The number of carbonyl (C=O) groups is 1. The number of hydrogen-bond donors (Lipinski definition) is 1. The van der Waals surface area contributed by atoms with Gasteiger partial charge in [-0.15, -0.1) is 0 Å². The van der Waals surface area contributed by atoms with Crippen molar-refractivity contribution in [3.05, 3.63) is 53.6 Å². The summed E-state index contributed by atoms with van der Waals surface area (Å²) in [5, 5.41) is 2.85. The van der Waals surface area contributed by atoms with Crippen molar-refractivity contribution in [2.45, 2.75) is 13.3 Å². The highest BCUT2D eigenvalue weighted by atomic mass is 16.5. The Hall–Kier alpha value is -2.95. The van der Waals surface area contributed by atoms with Gasteiger partial charge in [0.25, 0.3) is 0 Å². The Morgan fingerprint density at radius 3 is 2.28 bits per heavy atom. The van der Waals surface area contributed by atoms with Gasteiger partial charge in [0, 0.05) is 11.8 Å². The SMILES string of the molecule is CCc1cccc(NC(=O)C=Cc2cc(OC)c(OC)c(OC)c2)c1. The smallest absolute Gasteiger partial charge is 0.248 e. The summed E-state index contributed by atoms with van der Waals surface area (Å²) in [7, 11) is 4.66. The molecule has 0 spiro atoms. The molecule has 0 aliphatic heterocycles. The van der Waals surface area contributed by atoms with Crippen molar-refractivity contribution < 1.29 is 19.0 Å². The van der Waals surface area contributed by atoms with Gasteiger partial charge in [0.2, 0.25) is 11.7 Å². The molecule has 0 saturated carbocycles. The Morgan fingerprint density at radius 1 is 1.04 bits per heavy atom. The molecule has 0 atom stereocenters. The molecule has 0 heterocycles. The number of hydrogen-bond acceptors (Lipinski definition) is 4. The van der Waals surface area contributed by atoms with Crippen molar-refractivity contribution in [1.29, 1.82) is 0 Å². The first-order valence-electron chi connectivity index (χ1n) is 7.99. The third kappa shape index (κ3) is 4.76. The summed E-state index contributed by atoms with van der Waals surface area (Å²) in [4.78, 5) is 12.1. The average Bonchev–Trinajstić information content (AvgIpc) is 2.65. The summed E-state index contributed by atoms with van der Waals surface area (Å²) < 4.78 is 15.9. The summed E-state index contributed by atoms with van der Waals surface area (Å²) in [6, 6.07) is 11.3. The zero-order chi connectivity index (χ0) is 18.2. The van der Waals surface area contributed by atoms with Crippen molar-refractivity contribution in [3.63, 3.8) is 0 Å². The van der Waals surface area contributed by atoms with Gasteiger partial charge in [0.15, 0.2) is 11.5 Å². The van der Waals surface area contributed by atoms with Gasteiger partial charge >= 0.3 is 0 Å². The second kappa shape index (κ2) is 8.78. The maximum atomic E-state index is 12.1. The van der Waals surface area contributed by atoms with Crippen molar-refractivity contribution in [2.75, 3.05) is 26.6 Å². The van der Waals surface area contributed by atoms with Crippen LogP contribution in [0, 0.1) is 0 Å². The molecule has 25 heavy (non-hydrogen) atoms. The predicted molar refractivity (Wildman–Crippen MR) is 99.6 cm³/mol. The van der Waals surface area contributed by atoms with E-state index in [-0.39, 0.29) is 5.91 Å². The number of rotatable bonds is 7. The largest absolute Gasteiger partial charge is 0.493 e. The molecule has 2 rings (SSSR count). The highest BCUT2D eigenvalue weighted by Gasteiger charge is 2.12. The molecule has 0 aromatic heterocycles. The monoisotopic (exact) mass is 341 g/mol. The molecule has 0 saturated heterocycles. The second-order valence-corrected chi connectivity index (χ2v) is 5.34. The molecule has 2 aromatic carbocycles. The standard InChI is InChI=1S/C20H23NO4/c1-5-14-7-6-8-16(11-14)21-19(22)10-9-15-12-17(23-2)20(25-4)18(13-15)24-3/h6-13H,5H2,1-4H3,(H,21,22). The van der Waals surface area contributed by atoms with Crippen LogP contribution in [0.25, 0.3) is 6.08 Å².